The lowest BCUT2D eigenvalue weighted by molar-refractivity contribution is 0.154. The van der Waals surface area contributed by atoms with Crippen LogP contribution in [-0.4, -0.2) is 29.3 Å². The Morgan fingerprint density at radius 3 is 3.20 bits per heavy atom. The van der Waals surface area contributed by atoms with Crippen LogP contribution in [0.15, 0.2) is 18.3 Å². The van der Waals surface area contributed by atoms with Gasteiger partial charge in [-0.3, -0.25) is 4.98 Å². The molecular weight excluding hydrogens is 190 g/mol. The maximum Gasteiger partial charge on any atom is 0.0772 e. The van der Waals surface area contributed by atoms with Crippen molar-refractivity contribution < 1.29 is 5.11 Å². The molecule has 1 atom stereocenters. The minimum atomic E-state index is -0.218. The molecule has 0 bridgehead atoms. The summed E-state index contributed by atoms with van der Waals surface area (Å²) < 4.78 is 0. The minimum Gasteiger partial charge on any atom is -0.391 e. The summed E-state index contributed by atoms with van der Waals surface area (Å²) in [4.78, 5) is 6.42. The van der Waals surface area contributed by atoms with Crippen LogP contribution >= 0.6 is 0 Å². The van der Waals surface area contributed by atoms with Crippen LogP contribution in [-0.2, 0) is 6.54 Å². The average Bonchev–Trinajstić information content (AvgIpc) is 2.29. The molecule has 1 aromatic heterocycles. The van der Waals surface area contributed by atoms with Crippen molar-refractivity contribution in [1.29, 1.82) is 0 Å². The lowest BCUT2D eigenvalue weighted by atomic mass is 10.1. The summed E-state index contributed by atoms with van der Waals surface area (Å²) in [6, 6.07) is 3.93. The smallest absolute Gasteiger partial charge is 0.0772 e. The van der Waals surface area contributed by atoms with Gasteiger partial charge in [-0.25, -0.2) is 0 Å². The zero-order valence-corrected chi connectivity index (χ0v) is 8.76. The van der Waals surface area contributed by atoms with Crippen molar-refractivity contribution in [3.05, 3.63) is 24.0 Å². The summed E-state index contributed by atoms with van der Waals surface area (Å²) in [5.74, 6) is 0. The monoisotopic (exact) mass is 207 g/mol. The van der Waals surface area contributed by atoms with E-state index in [4.69, 9.17) is 5.73 Å². The minimum absolute atomic E-state index is 0.218. The molecule has 2 heterocycles. The molecule has 82 valence electrons. The number of aliphatic hydroxyl groups is 1. The molecule has 1 fully saturated rings. The van der Waals surface area contributed by atoms with Gasteiger partial charge in [-0.2, -0.15) is 0 Å². The summed E-state index contributed by atoms with van der Waals surface area (Å²) in [7, 11) is 0. The second-order valence-electron chi connectivity index (χ2n) is 3.92. The number of aliphatic hydroxyl groups excluding tert-OH is 1. The summed E-state index contributed by atoms with van der Waals surface area (Å²) >= 11 is 0. The van der Waals surface area contributed by atoms with Gasteiger partial charge in [0.1, 0.15) is 0 Å². The highest BCUT2D eigenvalue weighted by Gasteiger charge is 2.19. The van der Waals surface area contributed by atoms with Crippen molar-refractivity contribution in [3.8, 4) is 0 Å². The third-order valence-corrected chi connectivity index (χ3v) is 2.80. The highest BCUT2D eigenvalue weighted by molar-refractivity contribution is 5.50. The first kappa shape index (κ1) is 10.4. The summed E-state index contributed by atoms with van der Waals surface area (Å²) in [6.45, 7) is 2.12. The van der Waals surface area contributed by atoms with Crippen LogP contribution in [0.3, 0.4) is 0 Å². The summed E-state index contributed by atoms with van der Waals surface area (Å²) in [5.41, 5.74) is 7.62. The van der Waals surface area contributed by atoms with Crippen molar-refractivity contribution >= 4 is 5.69 Å². The van der Waals surface area contributed by atoms with Gasteiger partial charge < -0.3 is 15.7 Å². The Bertz CT molecular complexity index is 329. The standard InChI is InChI=1S/C11H17N3O/c12-7-10-11(4-1-5-13-10)14-6-2-3-9(15)8-14/h1,4-5,9,15H,2-3,6-8,12H2. The van der Waals surface area contributed by atoms with Crippen molar-refractivity contribution in [2.75, 3.05) is 18.0 Å². The van der Waals surface area contributed by atoms with Crippen LogP contribution in [0.4, 0.5) is 5.69 Å². The van der Waals surface area contributed by atoms with Crippen molar-refractivity contribution in [1.82, 2.24) is 4.98 Å². The normalized spacial score (nSPS) is 21.7. The Kier molecular flexibility index (Phi) is 3.18. The van der Waals surface area contributed by atoms with Crippen molar-refractivity contribution in [2.45, 2.75) is 25.5 Å². The first-order valence-corrected chi connectivity index (χ1v) is 5.38. The number of rotatable bonds is 2. The summed E-state index contributed by atoms with van der Waals surface area (Å²) in [5, 5.41) is 9.61. The zero-order chi connectivity index (χ0) is 10.7. The van der Waals surface area contributed by atoms with E-state index < -0.39 is 0 Å². The number of anilines is 1. The molecule has 0 radical (unpaired) electrons. The van der Waals surface area contributed by atoms with Crippen LogP contribution in [0, 0.1) is 0 Å². The fraction of sp³-hybridized carbons (Fsp3) is 0.545. The molecule has 1 saturated heterocycles. The van der Waals surface area contributed by atoms with E-state index in [1.54, 1.807) is 6.20 Å². The fourth-order valence-corrected chi connectivity index (χ4v) is 2.05. The Morgan fingerprint density at radius 1 is 1.60 bits per heavy atom. The van der Waals surface area contributed by atoms with Crippen molar-refractivity contribution in [3.63, 3.8) is 0 Å². The van der Waals surface area contributed by atoms with Gasteiger partial charge >= 0.3 is 0 Å². The maximum absolute atomic E-state index is 9.61. The van der Waals surface area contributed by atoms with E-state index in [0.717, 1.165) is 30.8 Å². The average molecular weight is 207 g/mol. The lowest BCUT2D eigenvalue weighted by Gasteiger charge is -2.32. The predicted octanol–water partition coefficient (Wildman–Crippen LogP) is 0.501. The Morgan fingerprint density at radius 2 is 2.47 bits per heavy atom. The molecule has 0 aromatic carbocycles. The number of pyridine rings is 1. The largest absolute Gasteiger partial charge is 0.391 e. The zero-order valence-electron chi connectivity index (χ0n) is 8.76. The van der Waals surface area contributed by atoms with Crippen LogP contribution in [0.1, 0.15) is 18.5 Å². The molecule has 3 N–H and O–H groups in total. The van der Waals surface area contributed by atoms with E-state index in [1.165, 1.54) is 0 Å². The summed E-state index contributed by atoms with van der Waals surface area (Å²) in [6.07, 6.45) is 3.46. The number of aromatic nitrogens is 1. The van der Waals surface area contributed by atoms with E-state index in [2.05, 4.69) is 9.88 Å². The van der Waals surface area contributed by atoms with Gasteiger partial charge in [0.15, 0.2) is 0 Å². The number of nitrogens with zero attached hydrogens (tertiary/aromatic N) is 2. The highest BCUT2D eigenvalue weighted by Crippen LogP contribution is 2.22. The van der Waals surface area contributed by atoms with Crippen LogP contribution in [0.5, 0.6) is 0 Å². The van der Waals surface area contributed by atoms with Crippen LogP contribution < -0.4 is 10.6 Å². The van der Waals surface area contributed by atoms with Gasteiger partial charge in [-0.15, -0.1) is 0 Å². The van der Waals surface area contributed by atoms with Gasteiger partial charge in [0.2, 0.25) is 0 Å². The van der Waals surface area contributed by atoms with Gasteiger partial charge in [0.05, 0.1) is 17.5 Å². The number of piperidine rings is 1. The maximum atomic E-state index is 9.61. The molecule has 0 amide bonds. The quantitative estimate of drug-likeness (QED) is 0.741. The molecule has 4 heteroatoms. The van der Waals surface area contributed by atoms with E-state index in [1.807, 2.05) is 12.1 Å². The molecule has 0 aliphatic carbocycles. The second-order valence-corrected chi connectivity index (χ2v) is 3.92. The van der Waals surface area contributed by atoms with Crippen molar-refractivity contribution in [2.24, 2.45) is 5.73 Å². The van der Waals surface area contributed by atoms with Gasteiger partial charge in [-0.1, -0.05) is 0 Å². The number of nitrogens with two attached hydrogens (primary N) is 1. The fourth-order valence-electron chi connectivity index (χ4n) is 2.05. The number of β-amino-alcohol motifs (C(OH)–C–C–N with tert-alkyl or cyclic N) is 1. The Labute approximate surface area is 89.7 Å². The Balaban J connectivity index is 2.20. The molecule has 1 aliphatic rings. The highest BCUT2D eigenvalue weighted by atomic mass is 16.3. The molecule has 1 aliphatic heterocycles. The number of hydrogen-bond acceptors (Lipinski definition) is 4. The molecular formula is C11H17N3O. The molecule has 4 nitrogen and oxygen atoms in total. The molecule has 0 saturated carbocycles. The molecule has 1 unspecified atom stereocenters. The lowest BCUT2D eigenvalue weighted by Crippen LogP contribution is -2.39. The predicted molar refractivity (Wildman–Crippen MR) is 59.6 cm³/mol. The third kappa shape index (κ3) is 2.27. The molecule has 15 heavy (non-hydrogen) atoms. The SMILES string of the molecule is NCc1ncccc1N1CCCC(O)C1. The second kappa shape index (κ2) is 4.59. The van der Waals surface area contributed by atoms with Gasteiger partial charge in [0, 0.05) is 25.8 Å². The molecule has 2 rings (SSSR count). The molecule has 0 spiro atoms. The van der Waals surface area contributed by atoms with Gasteiger partial charge in [-0.05, 0) is 25.0 Å². The number of hydrogen-bond donors (Lipinski definition) is 2. The van der Waals surface area contributed by atoms with Gasteiger partial charge in [0.25, 0.3) is 0 Å². The van der Waals surface area contributed by atoms with Crippen LogP contribution in [0.25, 0.3) is 0 Å². The first-order chi connectivity index (χ1) is 7.31. The third-order valence-electron chi connectivity index (χ3n) is 2.80. The molecule has 1 aromatic rings. The van der Waals surface area contributed by atoms with Crippen LogP contribution in [0.2, 0.25) is 0 Å². The topological polar surface area (TPSA) is 62.4 Å². The van der Waals surface area contributed by atoms with E-state index in [0.29, 0.717) is 13.1 Å². The van der Waals surface area contributed by atoms with E-state index in [-0.39, 0.29) is 6.10 Å². The van der Waals surface area contributed by atoms with E-state index >= 15 is 0 Å². The Hall–Kier alpha value is -1.13. The first-order valence-electron chi connectivity index (χ1n) is 5.38. The van der Waals surface area contributed by atoms with E-state index in [9.17, 15) is 5.11 Å².